The number of nitrogens with zero attached hydrogens (tertiary/aromatic N) is 3. The van der Waals surface area contributed by atoms with Crippen molar-refractivity contribution in [2.24, 2.45) is 0 Å². The van der Waals surface area contributed by atoms with Gasteiger partial charge in [0.05, 0.1) is 0 Å². The fourth-order valence-corrected chi connectivity index (χ4v) is 1.52. The predicted octanol–water partition coefficient (Wildman–Crippen LogP) is 2.18. The molecule has 16 heavy (non-hydrogen) atoms. The van der Waals surface area contributed by atoms with Crippen molar-refractivity contribution < 1.29 is 13.2 Å². The molecule has 86 valence electrons. The van der Waals surface area contributed by atoms with Crippen LogP contribution in [-0.2, 0) is 6.18 Å². The van der Waals surface area contributed by atoms with Crippen LogP contribution in [0.4, 0.5) is 19.0 Å². The molecule has 1 aliphatic rings. The summed E-state index contributed by atoms with van der Waals surface area (Å²) in [5.41, 5.74) is -0.887. The van der Waals surface area contributed by atoms with Crippen LogP contribution in [0.3, 0.4) is 0 Å². The van der Waals surface area contributed by atoms with E-state index in [4.69, 9.17) is 0 Å². The van der Waals surface area contributed by atoms with Gasteiger partial charge in [-0.25, -0.2) is 9.97 Å². The van der Waals surface area contributed by atoms with E-state index in [0.717, 1.165) is 6.07 Å². The lowest BCUT2D eigenvalue weighted by atomic mass is 10.3. The highest BCUT2D eigenvalue weighted by molar-refractivity contribution is 5.44. The number of hydrogen-bond acceptors (Lipinski definition) is 3. The topological polar surface area (TPSA) is 29.0 Å². The van der Waals surface area contributed by atoms with Crippen LogP contribution < -0.4 is 4.90 Å². The van der Waals surface area contributed by atoms with Crippen LogP contribution in [0, 0.1) is 6.92 Å². The second kappa shape index (κ2) is 3.77. The van der Waals surface area contributed by atoms with E-state index in [1.165, 1.54) is 6.92 Å². The molecule has 2 rings (SSSR count). The highest BCUT2D eigenvalue weighted by Crippen LogP contribution is 2.29. The lowest BCUT2D eigenvalue weighted by Gasteiger charge is -2.18. The van der Waals surface area contributed by atoms with Crippen LogP contribution in [0.15, 0.2) is 18.2 Å². The molecule has 0 N–H and O–H groups in total. The molecule has 1 aliphatic heterocycles. The Morgan fingerprint density at radius 1 is 1.19 bits per heavy atom. The molecule has 0 fully saturated rings. The number of anilines is 1. The van der Waals surface area contributed by atoms with Crippen molar-refractivity contribution in [2.45, 2.75) is 13.1 Å². The van der Waals surface area contributed by atoms with Crippen LogP contribution in [0.25, 0.3) is 0 Å². The normalized spacial score (nSPS) is 15.9. The maximum Gasteiger partial charge on any atom is 0.433 e. The highest BCUT2D eigenvalue weighted by atomic mass is 19.4. The van der Waals surface area contributed by atoms with Gasteiger partial charge in [0.25, 0.3) is 0 Å². The molecule has 0 saturated carbocycles. The zero-order chi connectivity index (χ0) is 11.8. The molecule has 1 aromatic heterocycles. The average Bonchev–Trinajstić information content (AvgIpc) is 2.68. The van der Waals surface area contributed by atoms with Gasteiger partial charge in [0, 0.05) is 19.2 Å². The second-order valence-corrected chi connectivity index (χ2v) is 3.53. The summed E-state index contributed by atoms with van der Waals surface area (Å²) in [6, 6.07) is 0.986. The first-order valence-electron chi connectivity index (χ1n) is 4.79. The molecule has 0 radical (unpaired) electrons. The maximum absolute atomic E-state index is 12.5. The number of rotatable bonds is 1. The summed E-state index contributed by atoms with van der Waals surface area (Å²) < 4.78 is 37.5. The van der Waals surface area contributed by atoms with Gasteiger partial charge in [-0.2, -0.15) is 13.2 Å². The fraction of sp³-hybridized carbons (Fsp3) is 0.400. The SMILES string of the molecule is Cc1nc(N2CC=CC2)cc(C(F)(F)F)n1. The minimum absolute atomic E-state index is 0.136. The molecular weight excluding hydrogens is 219 g/mol. The Kier molecular flexibility index (Phi) is 2.57. The smallest absolute Gasteiger partial charge is 0.349 e. The molecule has 6 heteroatoms. The van der Waals surface area contributed by atoms with Crippen LogP contribution in [0.2, 0.25) is 0 Å². The summed E-state index contributed by atoms with van der Waals surface area (Å²) in [5.74, 6) is 0.460. The van der Waals surface area contributed by atoms with Gasteiger partial charge in [0.2, 0.25) is 0 Å². The predicted molar refractivity (Wildman–Crippen MR) is 53.1 cm³/mol. The molecular formula is C10H10F3N3. The maximum atomic E-state index is 12.5. The van der Waals surface area contributed by atoms with Crippen molar-refractivity contribution in [3.8, 4) is 0 Å². The van der Waals surface area contributed by atoms with E-state index in [0.29, 0.717) is 18.9 Å². The summed E-state index contributed by atoms with van der Waals surface area (Å²) in [4.78, 5) is 9.15. The Labute approximate surface area is 90.6 Å². The third kappa shape index (κ3) is 2.15. The number of halogens is 3. The molecule has 1 aromatic rings. The Morgan fingerprint density at radius 2 is 1.81 bits per heavy atom. The average molecular weight is 229 g/mol. The Morgan fingerprint density at radius 3 is 2.38 bits per heavy atom. The van der Waals surface area contributed by atoms with E-state index in [2.05, 4.69) is 9.97 Å². The number of aromatic nitrogens is 2. The van der Waals surface area contributed by atoms with Gasteiger partial charge in [-0.1, -0.05) is 12.2 Å². The van der Waals surface area contributed by atoms with E-state index in [9.17, 15) is 13.2 Å². The van der Waals surface area contributed by atoms with E-state index in [1.807, 2.05) is 12.2 Å². The van der Waals surface area contributed by atoms with E-state index >= 15 is 0 Å². The summed E-state index contributed by atoms with van der Waals surface area (Å²) in [7, 11) is 0. The van der Waals surface area contributed by atoms with E-state index in [1.54, 1.807) is 4.90 Å². The first-order chi connectivity index (χ1) is 7.47. The van der Waals surface area contributed by atoms with Crippen molar-refractivity contribution >= 4 is 5.82 Å². The second-order valence-electron chi connectivity index (χ2n) is 3.53. The van der Waals surface area contributed by atoms with Gasteiger partial charge in [0.15, 0.2) is 0 Å². The Bertz CT molecular complexity index is 418. The molecule has 2 heterocycles. The van der Waals surface area contributed by atoms with Crippen LogP contribution >= 0.6 is 0 Å². The van der Waals surface area contributed by atoms with Crippen molar-refractivity contribution in [1.29, 1.82) is 0 Å². The first kappa shape index (κ1) is 10.9. The number of alkyl halides is 3. The number of hydrogen-bond donors (Lipinski definition) is 0. The molecule has 3 nitrogen and oxygen atoms in total. The zero-order valence-electron chi connectivity index (χ0n) is 8.62. The van der Waals surface area contributed by atoms with Crippen molar-refractivity contribution in [2.75, 3.05) is 18.0 Å². The van der Waals surface area contributed by atoms with Crippen LogP contribution in [-0.4, -0.2) is 23.1 Å². The molecule has 0 spiro atoms. The monoisotopic (exact) mass is 229 g/mol. The first-order valence-corrected chi connectivity index (χ1v) is 4.79. The quantitative estimate of drug-likeness (QED) is 0.691. The van der Waals surface area contributed by atoms with Crippen molar-refractivity contribution in [3.05, 3.63) is 29.7 Å². The van der Waals surface area contributed by atoms with Crippen molar-refractivity contribution in [1.82, 2.24) is 9.97 Å². The van der Waals surface area contributed by atoms with Crippen LogP contribution in [0.1, 0.15) is 11.5 Å². The summed E-state index contributed by atoms with van der Waals surface area (Å²) in [6.45, 7) is 2.64. The largest absolute Gasteiger partial charge is 0.433 e. The van der Waals surface area contributed by atoms with Gasteiger partial charge < -0.3 is 4.90 Å². The molecule has 0 saturated heterocycles. The van der Waals surface area contributed by atoms with E-state index in [-0.39, 0.29) is 5.82 Å². The van der Waals surface area contributed by atoms with Gasteiger partial charge in [0.1, 0.15) is 17.3 Å². The number of aryl methyl sites for hydroxylation is 1. The lowest BCUT2D eigenvalue weighted by molar-refractivity contribution is -0.141. The lowest BCUT2D eigenvalue weighted by Crippen LogP contribution is -2.22. The molecule has 0 unspecified atom stereocenters. The van der Waals surface area contributed by atoms with Gasteiger partial charge in [-0.05, 0) is 6.92 Å². The van der Waals surface area contributed by atoms with Crippen molar-refractivity contribution in [3.63, 3.8) is 0 Å². The highest BCUT2D eigenvalue weighted by Gasteiger charge is 2.33. The molecule has 0 aliphatic carbocycles. The van der Waals surface area contributed by atoms with Crippen LogP contribution in [0.5, 0.6) is 0 Å². The van der Waals surface area contributed by atoms with Gasteiger partial charge in [-0.3, -0.25) is 0 Å². The summed E-state index contributed by atoms with van der Waals surface area (Å²) in [5, 5.41) is 0. The Balaban J connectivity index is 2.36. The molecule has 0 amide bonds. The van der Waals surface area contributed by atoms with Gasteiger partial charge >= 0.3 is 6.18 Å². The Hall–Kier alpha value is -1.59. The summed E-state index contributed by atoms with van der Waals surface area (Å²) >= 11 is 0. The van der Waals surface area contributed by atoms with Gasteiger partial charge in [-0.15, -0.1) is 0 Å². The molecule has 0 bridgehead atoms. The summed E-state index contributed by atoms with van der Waals surface area (Å²) in [6.07, 6.45) is -0.634. The minimum atomic E-state index is -4.42. The molecule has 0 atom stereocenters. The third-order valence-corrected chi connectivity index (χ3v) is 2.26. The zero-order valence-corrected chi connectivity index (χ0v) is 8.62. The standard InChI is InChI=1S/C10H10F3N3/c1-7-14-8(10(11,12)13)6-9(15-7)16-4-2-3-5-16/h2-3,6H,4-5H2,1H3. The fourth-order valence-electron chi connectivity index (χ4n) is 1.52. The third-order valence-electron chi connectivity index (χ3n) is 2.26. The minimum Gasteiger partial charge on any atom is -0.349 e. The molecule has 0 aromatic carbocycles. The van der Waals surface area contributed by atoms with E-state index < -0.39 is 11.9 Å².